The molecule has 0 bridgehead atoms. The Bertz CT molecular complexity index is 332. The lowest BCUT2D eigenvalue weighted by molar-refractivity contribution is 0.146. The molecule has 1 saturated heterocycles. The highest BCUT2D eigenvalue weighted by Gasteiger charge is 2.15. The second-order valence-electron chi connectivity index (χ2n) is 4.03. The first-order chi connectivity index (χ1) is 7.66. The Hall–Kier alpha value is -1.23. The number of alkyl halides is 2. The normalized spacial score (nSPS) is 18.1. The van der Waals surface area contributed by atoms with Crippen LogP contribution < -0.4 is 4.90 Å². The number of piperazine rings is 1. The first-order valence-electron chi connectivity index (χ1n) is 5.34. The maximum absolute atomic E-state index is 12.3. The molecule has 0 radical (unpaired) electrons. The second kappa shape index (κ2) is 4.74. The average Bonchev–Trinajstić information content (AvgIpc) is 2.30. The highest BCUT2D eigenvalue weighted by molar-refractivity contribution is 5.45. The van der Waals surface area contributed by atoms with Gasteiger partial charge in [-0.15, -0.1) is 0 Å². The molecule has 3 nitrogen and oxygen atoms in total. The van der Waals surface area contributed by atoms with Gasteiger partial charge in [-0.05, 0) is 19.2 Å². The summed E-state index contributed by atoms with van der Waals surface area (Å²) in [6.07, 6.45) is -0.950. The second-order valence-corrected chi connectivity index (χ2v) is 4.03. The van der Waals surface area contributed by atoms with Gasteiger partial charge in [0.05, 0.1) is 11.9 Å². The minimum absolute atomic E-state index is 0.155. The van der Waals surface area contributed by atoms with Crippen LogP contribution >= 0.6 is 0 Å². The van der Waals surface area contributed by atoms with E-state index in [9.17, 15) is 8.78 Å². The van der Waals surface area contributed by atoms with E-state index in [0.717, 1.165) is 31.9 Å². The topological polar surface area (TPSA) is 19.4 Å². The Balaban J connectivity index is 2.04. The molecular weight excluding hydrogens is 212 g/mol. The van der Waals surface area contributed by atoms with Crippen LogP contribution in [-0.2, 0) is 0 Å². The van der Waals surface area contributed by atoms with Gasteiger partial charge in [0.2, 0.25) is 0 Å². The summed E-state index contributed by atoms with van der Waals surface area (Å²) < 4.78 is 24.6. The molecule has 0 N–H and O–H groups in total. The molecule has 1 aliphatic rings. The number of hydrogen-bond acceptors (Lipinski definition) is 3. The molecule has 0 unspecified atom stereocenters. The number of halogens is 2. The van der Waals surface area contributed by atoms with Crippen LogP contribution in [0.15, 0.2) is 18.3 Å². The highest BCUT2D eigenvalue weighted by atomic mass is 19.3. The summed E-state index contributed by atoms with van der Waals surface area (Å²) in [4.78, 5) is 8.18. The third-order valence-electron chi connectivity index (χ3n) is 2.86. The smallest absolute Gasteiger partial charge is 0.280 e. The molecule has 0 spiro atoms. The van der Waals surface area contributed by atoms with Crippen LogP contribution in [0.5, 0.6) is 0 Å². The van der Waals surface area contributed by atoms with Crippen LogP contribution in [0.3, 0.4) is 0 Å². The number of likely N-dealkylation sites (N-methyl/N-ethyl adjacent to an activating group) is 1. The molecule has 5 heteroatoms. The predicted octanol–water partition coefficient (Wildman–Crippen LogP) is 1.77. The lowest BCUT2D eigenvalue weighted by Crippen LogP contribution is -2.44. The summed E-state index contributed by atoms with van der Waals surface area (Å²) in [6, 6.07) is 3.12. The van der Waals surface area contributed by atoms with Crippen LogP contribution in [0, 0.1) is 0 Å². The number of aromatic nitrogens is 1. The Morgan fingerprint density at radius 1 is 1.19 bits per heavy atom. The molecule has 1 fully saturated rings. The van der Waals surface area contributed by atoms with Crippen molar-refractivity contribution in [2.75, 3.05) is 38.1 Å². The Morgan fingerprint density at radius 3 is 2.38 bits per heavy atom. The van der Waals surface area contributed by atoms with Crippen LogP contribution in [0.2, 0.25) is 0 Å². The molecule has 0 aliphatic carbocycles. The van der Waals surface area contributed by atoms with E-state index >= 15 is 0 Å². The van der Waals surface area contributed by atoms with E-state index in [-0.39, 0.29) is 5.69 Å². The molecular formula is C11H15F2N3. The summed E-state index contributed by atoms with van der Waals surface area (Å²) in [6.45, 7) is 3.84. The van der Waals surface area contributed by atoms with E-state index in [0.29, 0.717) is 0 Å². The molecule has 88 valence electrons. The van der Waals surface area contributed by atoms with E-state index in [2.05, 4.69) is 21.8 Å². The first kappa shape index (κ1) is 11.3. The molecule has 0 aromatic carbocycles. The number of anilines is 1. The first-order valence-corrected chi connectivity index (χ1v) is 5.34. The molecule has 2 heterocycles. The third kappa shape index (κ3) is 2.47. The Kier molecular flexibility index (Phi) is 3.33. The number of nitrogens with zero attached hydrogens (tertiary/aromatic N) is 3. The number of hydrogen-bond donors (Lipinski definition) is 0. The SMILES string of the molecule is CN1CCN(c2ccc(C(F)F)nc2)CC1. The molecule has 0 saturated carbocycles. The molecule has 1 aromatic rings. The van der Waals surface area contributed by atoms with Gasteiger partial charge in [0.25, 0.3) is 6.43 Å². The molecule has 0 amide bonds. The third-order valence-corrected chi connectivity index (χ3v) is 2.86. The minimum atomic E-state index is -2.48. The number of pyridine rings is 1. The molecule has 2 rings (SSSR count). The van der Waals surface area contributed by atoms with Crippen molar-refractivity contribution in [2.45, 2.75) is 6.43 Å². The van der Waals surface area contributed by atoms with Gasteiger partial charge in [0.1, 0.15) is 5.69 Å². The quantitative estimate of drug-likeness (QED) is 0.767. The number of rotatable bonds is 2. The zero-order chi connectivity index (χ0) is 11.5. The summed E-state index contributed by atoms with van der Waals surface area (Å²) in [7, 11) is 2.08. The lowest BCUT2D eigenvalue weighted by atomic mass is 10.2. The van der Waals surface area contributed by atoms with Crippen molar-refractivity contribution in [1.29, 1.82) is 0 Å². The van der Waals surface area contributed by atoms with Gasteiger partial charge in [-0.3, -0.25) is 4.98 Å². The van der Waals surface area contributed by atoms with Gasteiger partial charge in [0, 0.05) is 26.2 Å². The zero-order valence-electron chi connectivity index (χ0n) is 9.24. The van der Waals surface area contributed by atoms with Gasteiger partial charge in [-0.25, -0.2) is 8.78 Å². The standard InChI is InChI=1S/C11H15F2N3/c1-15-4-6-16(7-5-15)9-2-3-10(11(12)13)14-8-9/h2-3,8,11H,4-7H2,1H3. The van der Waals surface area contributed by atoms with Crippen molar-refractivity contribution in [3.8, 4) is 0 Å². The van der Waals surface area contributed by atoms with E-state index in [4.69, 9.17) is 0 Å². The Morgan fingerprint density at radius 2 is 1.88 bits per heavy atom. The van der Waals surface area contributed by atoms with E-state index in [1.807, 2.05) is 0 Å². The highest BCUT2D eigenvalue weighted by Crippen LogP contribution is 2.20. The molecule has 1 aromatic heterocycles. The van der Waals surface area contributed by atoms with Crippen molar-refractivity contribution in [2.24, 2.45) is 0 Å². The summed E-state index contributed by atoms with van der Waals surface area (Å²) >= 11 is 0. The van der Waals surface area contributed by atoms with Crippen LogP contribution in [0.1, 0.15) is 12.1 Å². The maximum atomic E-state index is 12.3. The van der Waals surface area contributed by atoms with Gasteiger partial charge in [0.15, 0.2) is 0 Å². The van der Waals surface area contributed by atoms with Crippen molar-refractivity contribution in [3.05, 3.63) is 24.0 Å². The van der Waals surface area contributed by atoms with Crippen molar-refractivity contribution >= 4 is 5.69 Å². The van der Waals surface area contributed by atoms with Crippen LogP contribution in [-0.4, -0.2) is 43.1 Å². The van der Waals surface area contributed by atoms with E-state index < -0.39 is 6.43 Å². The van der Waals surface area contributed by atoms with E-state index in [1.54, 1.807) is 6.07 Å². The van der Waals surface area contributed by atoms with Crippen LogP contribution in [0.25, 0.3) is 0 Å². The Labute approximate surface area is 93.7 Å². The molecule has 0 atom stereocenters. The largest absolute Gasteiger partial charge is 0.368 e. The maximum Gasteiger partial charge on any atom is 0.280 e. The van der Waals surface area contributed by atoms with Crippen molar-refractivity contribution in [3.63, 3.8) is 0 Å². The lowest BCUT2D eigenvalue weighted by Gasteiger charge is -2.33. The molecule has 1 aliphatic heterocycles. The average molecular weight is 227 g/mol. The fourth-order valence-corrected chi connectivity index (χ4v) is 1.78. The van der Waals surface area contributed by atoms with Gasteiger partial charge in [-0.1, -0.05) is 0 Å². The summed E-state index contributed by atoms with van der Waals surface area (Å²) in [5, 5.41) is 0. The summed E-state index contributed by atoms with van der Waals surface area (Å²) in [5.41, 5.74) is 0.773. The van der Waals surface area contributed by atoms with Crippen LogP contribution in [0.4, 0.5) is 14.5 Å². The zero-order valence-corrected chi connectivity index (χ0v) is 9.24. The van der Waals surface area contributed by atoms with Crippen molar-refractivity contribution in [1.82, 2.24) is 9.88 Å². The van der Waals surface area contributed by atoms with Gasteiger partial charge >= 0.3 is 0 Å². The van der Waals surface area contributed by atoms with Crippen molar-refractivity contribution < 1.29 is 8.78 Å². The fraction of sp³-hybridized carbons (Fsp3) is 0.545. The predicted molar refractivity (Wildman–Crippen MR) is 58.9 cm³/mol. The molecule has 16 heavy (non-hydrogen) atoms. The fourth-order valence-electron chi connectivity index (χ4n) is 1.78. The minimum Gasteiger partial charge on any atom is -0.368 e. The van der Waals surface area contributed by atoms with Gasteiger partial charge < -0.3 is 9.80 Å². The van der Waals surface area contributed by atoms with E-state index in [1.165, 1.54) is 12.3 Å². The summed E-state index contributed by atoms with van der Waals surface area (Å²) in [5.74, 6) is 0. The monoisotopic (exact) mass is 227 g/mol. The van der Waals surface area contributed by atoms with Gasteiger partial charge in [-0.2, -0.15) is 0 Å².